The average molecular weight is 385 g/mol. The van der Waals surface area contributed by atoms with E-state index in [2.05, 4.69) is 52.9 Å². The Morgan fingerprint density at radius 3 is 2.61 bits per heavy atom. The molecule has 0 amide bonds. The first-order valence-corrected chi connectivity index (χ1v) is 10.1. The Kier molecular flexibility index (Phi) is 7.03. The zero-order valence-electron chi connectivity index (χ0n) is 17.5. The van der Waals surface area contributed by atoms with E-state index < -0.39 is 0 Å². The van der Waals surface area contributed by atoms with Gasteiger partial charge in [-0.25, -0.2) is 4.99 Å². The van der Waals surface area contributed by atoms with Crippen LogP contribution in [-0.4, -0.2) is 46.5 Å². The van der Waals surface area contributed by atoms with Crippen molar-refractivity contribution in [2.45, 2.75) is 52.7 Å². The SMILES string of the molecule is Cc1cc(C)cc(CCNC(=NCc2nnc(C)n2C)NCC2CCCO2)c1. The number of nitrogens with zero attached hydrogens (tertiary/aromatic N) is 4. The number of guanidine groups is 1. The monoisotopic (exact) mass is 384 g/mol. The van der Waals surface area contributed by atoms with Gasteiger partial charge in [-0.15, -0.1) is 10.2 Å². The van der Waals surface area contributed by atoms with Gasteiger partial charge in [-0.3, -0.25) is 0 Å². The first kappa shape index (κ1) is 20.3. The molecule has 0 saturated carbocycles. The summed E-state index contributed by atoms with van der Waals surface area (Å²) in [6.45, 7) is 9.16. The van der Waals surface area contributed by atoms with Crippen LogP contribution in [0, 0.1) is 20.8 Å². The van der Waals surface area contributed by atoms with E-state index in [1.165, 1.54) is 16.7 Å². The van der Waals surface area contributed by atoms with Crippen LogP contribution in [0.5, 0.6) is 0 Å². The summed E-state index contributed by atoms with van der Waals surface area (Å²) in [6.07, 6.45) is 3.46. The Morgan fingerprint density at radius 1 is 1.18 bits per heavy atom. The van der Waals surface area contributed by atoms with Crippen LogP contribution < -0.4 is 10.6 Å². The number of aromatic nitrogens is 3. The third kappa shape index (κ3) is 5.79. The van der Waals surface area contributed by atoms with Crippen molar-refractivity contribution in [3.05, 3.63) is 46.5 Å². The lowest BCUT2D eigenvalue weighted by Crippen LogP contribution is -2.42. The van der Waals surface area contributed by atoms with Crippen LogP contribution in [0.1, 0.15) is 41.2 Å². The second-order valence-electron chi connectivity index (χ2n) is 7.58. The highest BCUT2D eigenvalue weighted by Crippen LogP contribution is 2.11. The molecule has 2 aromatic rings. The molecule has 1 saturated heterocycles. The molecule has 0 spiro atoms. The fourth-order valence-corrected chi connectivity index (χ4v) is 3.47. The van der Waals surface area contributed by atoms with Crippen molar-refractivity contribution in [2.24, 2.45) is 12.0 Å². The number of benzene rings is 1. The Labute approximate surface area is 167 Å². The van der Waals surface area contributed by atoms with Gasteiger partial charge in [0.1, 0.15) is 12.4 Å². The van der Waals surface area contributed by atoms with Gasteiger partial charge in [0.25, 0.3) is 0 Å². The second kappa shape index (κ2) is 9.68. The quantitative estimate of drug-likeness (QED) is 0.565. The minimum Gasteiger partial charge on any atom is -0.376 e. The van der Waals surface area contributed by atoms with Gasteiger partial charge >= 0.3 is 0 Å². The maximum absolute atomic E-state index is 5.72. The molecule has 2 heterocycles. The lowest BCUT2D eigenvalue weighted by molar-refractivity contribution is 0.114. The molecule has 28 heavy (non-hydrogen) atoms. The lowest BCUT2D eigenvalue weighted by atomic mass is 10.1. The maximum Gasteiger partial charge on any atom is 0.191 e. The largest absolute Gasteiger partial charge is 0.376 e. The number of rotatable bonds is 7. The topological polar surface area (TPSA) is 76.4 Å². The molecule has 7 heteroatoms. The van der Waals surface area contributed by atoms with E-state index in [1.807, 2.05) is 18.5 Å². The fraction of sp³-hybridized carbons (Fsp3) is 0.571. The van der Waals surface area contributed by atoms with Crippen molar-refractivity contribution in [3.63, 3.8) is 0 Å². The first-order chi connectivity index (χ1) is 13.5. The summed E-state index contributed by atoms with van der Waals surface area (Å²) in [4.78, 5) is 4.71. The normalized spacial score (nSPS) is 17.1. The number of nitrogens with one attached hydrogen (secondary N) is 2. The molecule has 0 radical (unpaired) electrons. The van der Waals surface area contributed by atoms with Crippen LogP contribution >= 0.6 is 0 Å². The average Bonchev–Trinajstić information content (AvgIpc) is 3.27. The Bertz CT molecular complexity index is 787. The summed E-state index contributed by atoms with van der Waals surface area (Å²) in [6, 6.07) is 6.69. The highest BCUT2D eigenvalue weighted by molar-refractivity contribution is 5.79. The Morgan fingerprint density at radius 2 is 1.96 bits per heavy atom. The smallest absolute Gasteiger partial charge is 0.191 e. The molecule has 0 bridgehead atoms. The third-order valence-electron chi connectivity index (χ3n) is 5.07. The zero-order chi connectivity index (χ0) is 19.9. The molecule has 7 nitrogen and oxygen atoms in total. The lowest BCUT2D eigenvalue weighted by Gasteiger charge is -2.16. The highest BCUT2D eigenvalue weighted by Gasteiger charge is 2.15. The van der Waals surface area contributed by atoms with Crippen molar-refractivity contribution >= 4 is 5.96 Å². The standard InChI is InChI=1S/C21H32N6O/c1-15-10-16(2)12-18(11-15)7-8-22-21(23-13-19-6-5-9-28-19)24-14-20-26-25-17(3)27(20)4/h10-12,19H,5-9,13-14H2,1-4H3,(H2,22,23,24). The molecule has 0 aliphatic carbocycles. The Balaban J connectivity index is 1.59. The van der Waals surface area contributed by atoms with Crippen molar-refractivity contribution < 1.29 is 4.74 Å². The molecule has 1 aliphatic rings. The summed E-state index contributed by atoms with van der Waals surface area (Å²) in [5.41, 5.74) is 3.95. The van der Waals surface area contributed by atoms with Gasteiger partial charge in [0.05, 0.1) is 6.10 Å². The summed E-state index contributed by atoms with van der Waals surface area (Å²) in [7, 11) is 1.97. The molecule has 1 atom stereocenters. The summed E-state index contributed by atoms with van der Waals surface area (Å²) < 4.78 is 7.69. The number of aryl methyl sites for hydroxylation is 3. The van der Waals surface area contributed by atoms with E-state index in [0.717, 1.165) is 56.6 Å². The van der Waals surface area contributed by atoms with Crippen molar-refractivity contribution in [1.82, 2.24) is 25.4 Å². The number of hydrogen-bond donors (Lipinski definition) is 2. The van der Waals surface area contributed by atoms with Gasteiger partial charge in [0.15, 0.2) is 11.8 Å². The summed E-state index contributed by atoms with van der Waals surface area (Å²) in [5.74, 6) is 2.53. The highest BCUT2D eigenvalue weighted by atomic mass is 16.5. The van der Waals surface area contributed by atoms with Gasteiger partial charge in [0, 0.05) is 26.7 Å². The summed E-state index contributed by atoms with van der Waals surface area (Å²) in [5, 5.41) is 15.2. The molecule has 1 aromatic heterocycles. The van der Waals surface area contributed by atoms with E-state index >= 15 is 0 Å². The minimum atomic E-state index is 0.267. The van der Waals surface area contributed by atoms with Crippen LogP contribution in [0.4, 0.5) is 0 Å². The molecule has 1 fully saturated rings. The number of hydrogen-bond acceptors (Lipinski definition) is 4. The number of ether oxygens (including phenoxy) is 1. The van der Waals surface area contributed by atoms with Crippen LogP contribution in [-0.2, 0) is 24.8 Å². The predicted molar refractivity (Wildman–Crippen MR) is 111 cm³/mol. The van der Waals surface area contributed by atoms with Crippen molar-refractivity contribution in [1.29, 1.82) is 0 Å². The van der Waals surface area contributed by atoms with E-state index in [0.29, 0.717) is 6.54 Å². The van der Waals surface area contributed by atoms with Crippen LogP contribution in [0.2, 0.25) is 0 Å². The molecule has 1 aromatic carbocycles. The third-order valence-corrected chi connectivity index (χ3v) is 5.07. The molecular weight excluding hydrogens is 352 g/mol. The van der Waals surface area contributed by atoms with E-state index in [1.54, 1.807) is 0 Å². The minimum absolute atomic E-state index is 0.267. The molecule has 1 aliphatic heterocycles. The molecule has 152 valence electrons. The molecule has 1 unspecified atom stereocenters. The van der Waals surface area contributed by atoms with Gasteiger partial charge < -0.3 is 19.9 Å². The zero-order valence-corrected chi connectivity index (χ0v) is 17.5. The molecule has 3 rings (SSSR count). The fourth-order valence-electron chi connectivity index (χ4n) is 3.47. The molecule has 2 N–H and O–H groups in total. The van der Waals surface area contributed by atoms with Crippen molar-refractivity contribution in [2.75, 3.05) is 19.7 Å². The Hall–Kier alpha value is -2.41. The van der Waals surface area contributed by atoms with Crippen LogP contribution in [0.25, 0.3) is 0 Å². The molecular formula is C21H32N6O. The van der Waals surface area contributed by atoms with Crippen molar-refractivity contribution in [3.8, 4) is 0 Å². The predicted octanol–water partition coefficient (Wildman–Crippen LogP) is 2.20. The van der Waals surface area contributed by atoms with Gasteiger partial charge in [-0.05, 0) is 45.6 Å². The van der Waals surface area contributed by atoms with E-state index in [9.17, 15) is 0 Å². The summed E-state index contributed by atoms with van der Waals surface area (Å²) >= 11 is 0. The van der Waals surface area contributed by atoms with Crippen LogP contribution in [0.15, 0.2) is 23.2 Å². The van der Waals surface area contributed by atoms with Crippen LogP contribution in [0.3, 0.4) is 0 Å². The van der Waals surface area contributed by atoms with Gasteiger partial charge in [0.2, 0.25) is 0 Å². The van der Waals surface area contributed by atoms with Gasteiger partial charge in [-0.1, -0.05) is 29.3 Å². The van der Waals surface area contributed by atoms with E-state index in [4.69, 9.17) is 9.73 Å². The maximum atomic E-state index is 5.72. The second-order valence-corrected chi connectivity index (χ2v) is 7.58. The van der Waals surface area contributed by atoms with Gasteiger partial charge in [-0.2, -0.15) is 0 Å². The number of aliphatic imine (C=N–C) groups is 1. The van der Waals surface area contributed by atoms with E-state index in [-0.39, 0.29) is 6.10 Å². The first-order valence-electron chi connectivity index (χ1n) is 10.1.